The van der Waals surface area contributed by atoms with Crippen molar-refractivity contribution in [1.82, 2.24) is 4.90 Å². The number of fused-ring (bicyclic) bond motifs is 1. The maximum Gasteiger partial charge on any atom is 0.238 e. The van der Waals surface area contributed by atoms with E-state index in [9.17, 15) is 18.0 Å². The number of nitrogens with two attached hydrogens (primary N) is 2. The first-order valence-electron chi connectivity index (χ1n) is 8.77. The van der Waals surface area contributed by atoms with Crippen molar-refractivity contribution in [2.24, 2.45) is 10.9 Å². The molecule has 2 amide bonds. The molecule has 148 valence electrons. The molecule has 5 N–H and O–H groups in total. The third kappa shape index (κ3) is 4.75. The third-order valence-electron chi connectivity index (χ3n) is 4.77. The van der Waals surface area contributed by atoms with Crippen LogP contribution in [0.25, 0.3) is 0 Å². The van der Waals surface area contributed by atoms with Crippen molar-refractivity contribution in [2.75, 3.05) is 11.9 Å². The predicted molar refractivity (Wildman–Crippen MR) is 105 cm³/mol. The molecule has 0 fully saturated rings. The summed E-state index contributed by atoms with van der Waals surface area (Å²) in [6.07, 6.45) is 0.699. The van der Waals surface area contributed by atoms with Crippen LogP contribution in [0.2, 0.25) is 0 Å². The lowest BCUT2D eigenvalue weighted by molar-refractivity contribution is -0.125. The van der Waals surface area contributed by atoms with Crippen LogP contribution in [0.15, 0.2) is 53.4 Å². The quantitative estimate of drug-likeness (QED) is 0.649. The SMILES string of the molecule is NC(=O)[C@@H]1Cc2ccccc2CN1CCC(=O)Nc1ccc(S(N)(=O)=O)cc1. The predicted octanol–water partition coefficient (Wildman–Crippen LogP) is 0.575. The van der Waals surface area contributed by atoms with Gasteiger partial charge in [-0.1, -0.05) is 24.3 Å². The largest absolute Gasteiger partial charge is 0.368 e. The molecular weight excluding hydrogens is 380 g/mol. The van der Waals surface area contributed by atoms with Gasteiger partial charge in [0.1, 0.15) is 0 Å². The van der Waals surface area contributed by atoms with Crippen LogP contribution in [0, 0.1) is 0 Å². The molecule has 8 nitrogen and oxygen atoms in total. The number of nitrogens with zero attached hydrogens (tertiary/aromatic N) is 1. The average Bonchev–Trinajstić information content (AvgIpc) is 2.65. The number of hydrogen-bond donors (Lipinski definition) is 3. The number of amides is 2. The van der Waals surface area contributed by atoms with Gasteiger partial charge in [0, 0.05) is 25.2 Å². The smallest absolute Gasteiger partial charge is 0.238 e. The van der Waals surface area contributed by atoms with Crippen molar-refractivity contribution in [3.63, 3.8) is 0 Å². The van der Waals surface area contributed by atoms with Crippen LogP contribution < -0.4 is 16.2 Å². The second-order valence-corrected chi connectivity index (χ2v) is 8.29. The highest BCUT2D eigenvalue weighted by Crippen LogP contribution is 2.23. The summed E-state index contributed by atoms with van der Waals surface area (Å²) in [7, 11) is -3.77. The summed E-state index contributed by atoms with van der Waals surface area (Å²) >= 11 is 0. The topological polar surface area (TPSA) is 136 Å². The van der Waals surface area contributed by atoms with E-state index in [1.807, 2.05) is 29.2 Å². The monoisotopic (exact) mass is 402 g/mol. The molecule has 2 aromatic carbocycles. The van der Waals surface area contributed by atoms with Gasteiger partial charge >= 0.3 is 0 Å². The Morgan fingerprint density at radius 1 is 1.07 bits per heavy atom. The summed E-state index contributed by atoms with van der Waals surface area (Å²) in [6.45, 7) is 0.934. The van der Waals surface area contributed by atoms with E-state index in [1.165, 1.54) is 24.3 Å². The molecule has 1 heterocycles. The van der Waals surface area contributed by atoms with Gasteiger partial charge in [0.15, 0.2) is 0 Å². The normalized spacial score (nSPS) is 17.0. The Balaban J connectivity index is 1.61. The Morgan fingerprint density at radius 3 is 2.32 bits per heavy atom. The highest BCUT2D eigenvalue weighted by Gasteiger charge is 2.29. The van der Waals surface area contributed by atoms with Gasteiger partial charge in [-0.25, -0.2) is 13.6 Å². The number of primary sulfonamides is 1. The number of anilines is 1. The van der Waals surface area contributed by atoms with Crippen molar-refractivity contribution < 1.29 is 18.0 Å². The Bertz CT molecular complexity index is 989. The minimum Gasteiger partial charge on any atom is -0.368 e. The van der Waals surface area contributed by atoms with E-state index in [1.54, 1.807) is 0 Å². The van der Waals surface area contributed by atoms with E-state index < -0.39 is 22.0 Å². The first kappa shape index (κ1) is 20.0. The van der Waals surface area contributed by atoms with Gasteiger partial charge in [-0.2, -0.15) is 0 Å². The standard InChI is InChI=1S/C19H22N4O4S/c20-19(25)17-11-13-3-1-2-4-14(13)12-23(17)10-9-18(24)22-15-5-7-16(8-6-15)28(21,26)27/h1-8,17H,9-12H2,(H2,20,25)(H,22,24)(H2,21,26,27)/t17-/m0/s1. The molecule has 0 saturated carbocycles. The van der Waals surface area contributed by atoms with Crippen molar-refractivity contribution >= 4 is 27.5 Å². The molecule has 3 rings (SSSR count). The minimum atomic E-state index is -3.77. The fourth-order valence-corrected chi connectivity index (χ4v) is 3.80. The van der Waals surface area contributed by atoms with Crippen LogP contribution >= 0.6 is 0 Å². The second kappa shape index (κ2) is 8.09. The summed E-state index contributed by atoms with van der Waals surface area (Å²) < 4.78 is 22.5. The maximum absolute atomic E-state index is 12.3. The summed E-state index contributed by atoms with van der Waals surface area (Å²) in [5.74, 6) is -0.654. The van der Waals surface area contributed by atoms with Crippen LogP contribution in [-0.2, 0) is 32.6 Å². The molecule has 28 heavy (non-hydrogen) atoms. The zero-order valence-corrected chi connectivity index (χ0v) is 16.0. The Labute approximate surface area is 163 Å². The van der Waals surface area contributed by atoms with Crippen LogP contribution in [-0.4, -0.2) is 37.7 Å². The van der Waals surface area contributed by atoms with Crippen molar-refractivity contribution in [3.05, 3.63) is 59.7 Å². The Morgan fingerprint density at radius 2 is 1.71 bits per heavy atom. The molecule has 1 atom stereocenters. The van der Waals surface area contributed by atoms with Crippen LogP contribution in [0.1, 0.15) is 17.5 Å². The van der Waals surface area contributed by atoms with Gasteiger partial charge in [0.25, 0.3) is 0 Å². The molecule has 9 heteroatoms. The summed E-state index contributed by atoms with van der Waals surface area (Å²) in [5.41, 5.74) is 8.24. The van der Waals surface area contributed by atoms with Crippen molar-refractivity contribution in [1.29, 1.82) is 0 Å². The lowest BCUT2D eigenvalue weighted by Gasteiger charge is -2.34. The molecule has 0 radical (unpaired) electrons. The molecular formula is C19H22N4O4S. The zero-order valence-electron chi connectivity index (χ0n) is 15.2. The van der Waals surface area contributed by atoms with Crippen molar-refractivity contribution in [3.8, 4) is 0 Å². The number of carbonyl (C=O) groups excluding carboxylic acids is 2. The fraction of sp³-hybridized carbons (Fsp3) is 0.263. The van der Waals surface area contributed by atoms with Gasteiger partial charge in [-0.05, 0) is 41.8 Å². The molecule has 1 aliphatic heterocycles. The van der Waals surface area contributed by atoms with Gasteiger partial charge < -0.3 is 11.1 Å². The molecule has 0 bridgehead atoms. The summed E-state index contributed by atoms with van der Waals surface area (Å²) in [6, 6.07) is 13.0. The Hall–Kier alpha value is -2.75. The lowest BCUT2D eigenvalue weighted by atomic mass is 9.93. The molecule has 1 aliphatic rings. The van der Waals surface area contributed by atoms with Crippen molar-refractivity contribution in [2.45, 2.75) is 30.3 Å². The zero-order chi connectivity index (χ0) is 20.3. The second-order valence-electron chi connectivity index (χ2n) is 6.73. The summed E-state index contributed by atoms with van der Waals surface area (Å²) in [4.78, 5) is 26.0. The summed E-state index contributed by atoms with van der Waals surface area (Å²) in [5, 5.41) is 7.76. The first-order valence-corrected chi connectivity index (χ1v) is 10.3. The first-order chi connectivity index (χ1) is 13.2. The van der Waals surface area contributed by atoms with E-state index in [2.05, 4.69) is 5.32 Å². The highest BCUT2D eigenvalue weighted by molar-refractivity contribution is 7.89. The highest BCUT2D eigenvalue weighted by atomic mass is 32.2. The van der Waals surface area contributed by atoms with E-state index in [0.29, 0.717) is 25.2 Å². The minimum absolute atomic E-state index is 0.0261. The molecule has 0 unspecified atom stereocenters. The maximum atomic E-state index is 12.3. The molecule has 0 aromatic heterocycles. The number of rotatable bonds is 6. The number of sulfonamides is 1. The number of benzene rings is 2. The molecule has 0 saturated heterocycles. The Kier molecular flexibility index (Phi) is 5.78. The van der Waals surface area contributed by atoms with Crippen LogP contribution in [0.5, 0.6) is 0 Å². The third-order valence-corrected chi connectivity index (χ3v) is 5.70. The van der Waals surface area contributed by atoms with E-state index >= 15 is 0 Å². The molecule has 0 aliphatic carbocycles. The fourth-order valence-electron chi connectivity index (χ4n) is 3.29. The van der Waals surface area contributed by atoms with Gasteiger partial charge in [0.05, 0.1) is 10.9 Å². The molecule has 2 aromatic rings. The van der Waals surface area contributed by atoms with Gasteiger partial charge in [-0.3, -0.25) is 14.5 Å². The van der Waals surface area contributed by atoms with Crippen LogP contribution in [0.4, 0.5) is 5.69 Å². The van der Waals surface area contributed by atoms with Crippen LogP contribution in [0.3, 0.4) is 0 Å². The number of carbonyl (C=O) groups is 2. The van der Waals surface area contributed by atoms with E-state index in [-0.39, 0.29) is 17.2 Å². The lowest BCUT2D eigenvalue weighted by Crippen LogP contribution is -2.49. The average molecular weight is 402 g/mol. The number of nitrogens with one attached hydrogen (secondary N) is 1. The van der Waals surface area contributed by atoms with E-state index in [0.717, 1.165) is 11.1 Å². The number of hydrogen-bond acceptors (Lipinski definition) is 5. The van der Waals surface area contributed by atoms with Gasteiger partial charge in [-0.15, -0.1) is 0 Å². The molecule has 0 spiro atoms. The van der Waals surface area contributed by atoms with Gasteiger partial charge in [0.2, 0.25) is 21.8 Å². The van der Waals surface area contributed by atoms with E-state index in [4.69, 9.17) is 10.9 Å². The number of primary amides is 1.